The average molecular weight is 164 g/mol. The molecular weight excluding hydrogens is 156 g/mol. The molecule has 2 aromatic heterocycles. The molecule has 0 N–H and O–H groups in total. The van der Waals surface area contributed by atoms with Crippen molar-refractivity contribution >= 4 is 21.6 Å². The van der Waals surface area contributed by atoms with Crippen LogP contribution in [0.25, 0.3) is 10.2 Å². The van der Waals surface area contributed by atoms with E-state index >= 15 is 0 Å². The second-order valence-corrected chi connectivity index (χ2v) is 3.77. The van der Waals surface area contributed by atoms with E-state index in [1.165, 1.54) is 10.3 Å². The van der Waals surface area contributed by atoms with Gasteiger partial charge in [-0.15, -0.1) is 11.3 Å². The molecule has 0 saturated heterocycles. The van der Waals surface area contributed by atoms with E-state index in [9.17, 15) is 0 Å². The van der Waals surface area contributed by atoms with E-state index in [1.807, 2.05) is 6.92 Å². The molecule has 2 nitrogen and oxygen atoms in total. The van der Waals surface area contributed by atoms with Crippen molar-refractivity contribution in [3.63, 3.8) is 0 Å². The second kappa shape index (κ2) is 2.27. The highest BCUT2D eigenvalue weighted by Gasteiger charge is 2.01. The fraction of sp³-hybridized carbons (Fsp3) is 0.250. The molecule has 2 aromatic rings. The zero-order valence-corrected chi connectivity index (χ0v) is 7.27. The molecule has 11 heavy (non-hydrogen) atoms. The van der Waals surface area contributed by atoms with Crippen LogP contribution in [0.15, 0.2) is 12.4 Å². The van der Waals surface area contributed by atoms with E-state index in [-0.39, 0.29) is 0 Å². The van der Waals surface area contributed by atoms with Crippen LogP contribution in [0.5, 0.6) is 0 Å². The van der Waals surface area contributed by atoms with Gasteiger partial charge in [0.1, 0.15) is 11.2 Å². The van der Waals surface area contributed by atoms with Crippen LogP contribution in [0, 0.1) is 13.8 Å². The monoisotopic (exact) mass is 164 g/mol. The normalized spacial score (nSPS) is 10.7. The van der Waals surface area contributed by atoms with Gasteiger partial charge in [-0.25, -0.2) is 9.97 Å². The summed E-state index contributed by atoms with van der Waals surface area (Å²) in [6.45, 7) is 4.10. The van der Waals surface area contributed by atoms with Crippen LogP contribution < -0.4 is 0 Å². The van der Waals surface area contributed by atoms with Crippen molar-refractivity contribution in [1.82, 2.24) is 9.97 Å². The standard InChI is InChI=1S/C8H8N2S/c1-5-3-7-6(2)9-4-10-8(7)11-5/h3-4H,1-2H3. The summed E-state index contributed by atoms with van der Waals surface area (Å²) in [5, 5.41) is 1.19. The third-order valence-electron chi connectivity index (χ3n) is 1.65. The summed E-state index contributed by atoms with van der Waals surface area (Å²) < 4.78 is 0. The van der Waals surface area contributed by atoms with Gasteiger partial charge in [-0.2, -0.15) is 0 Å². The molecule has 0 unspecified atom stereocenters. The number of rotatable bonds is 0. The Labute approximate surface area is 68.9 Å². The third kappa shape index (κ3) is 1.01. The van der Waals surface area contributed by atoms with Crippen molar-refractivity contribution < 1.29 is 0 Å². The van der Waals surface area contributed by atoms with E-state index in [0.29, 0.717) is 0 Å². The highest BCUT2D eigenvalue weighted by Crippen LogP contribution is 2.23. The first kappa shape index (κ1) is 6.73. The maximum atomic E-state index is 4.17. The van der Waals surface area contributed by atoms with Gasteiger partial charge in [0.05, 0.1) is 0 Å². The summed E-state index contributed by atoms with van der Waals surface area (Å²) in [5.74, 6) is 0. The van der Waals surface area contributed by atoms with Crippen molar-refractivity contribution in [2.24, 2.45) is 0 Å². The van der Waals surface area contributed by atoms with Crippen LogP contribution in [-0.2, 0) is 0 Å². The van der Waals surface area contributed by atoms with Gasteiger partial charge in [0.15, 0.2) is 0 Å². The van der Waals surface area contributed by atoms with Gasteiger partial charge in [0.2, 0.25) is 0 Å². The summed E-state index contributed by atoms with van der Waals surface area (Å²) in [4.78, 5) is 10.7. The Morgan fingerprint density at radius 1 is 1.27 bits per heavy atom. The third-order valence-corrected chi connectivity index (χ3v) is 2.61. The smallest absolute Gasteiger partial charge is 0.127 e. The van der Waals surface area contributed by atoms with E-state index < -0.39 is 0 Å². The Balaban J connectivity index is 2.90. The lowest BCUT2D eigenvalue weighted by Crippen LogP contribution is -1.81. The largest absolute Gasteiger partial charge is 0.241 e. The minimum atomic E-state index is 1.07. The van der Waals surface area contributed by atoms with Crippen molar-refractivity contribution in [1.29, 1.82) is 0 Å². The quantitative estimate of drug-likeness (QED) is 0.597. The Morgan fingerprint density at radius 2 is 2.09 bits per heavy atom. The second-order valence-electron chi connectivity index (χ2n) is 2.53. The molecule has 0 amide bonds. The molecule has 0 radical (unpaired) electrons. The van der Waals surface area contributed by atoms with Crippen LogP contribution in [-0.4, -0.2) is 9.97 Å². The molecule has 0 bridgehead atoms. The van der Waals surface area contributed by atoms with E-state index in [0.717, 1.165) is 10.5 Å². The van der Waals surface area contributed by atoms with Crippen LogP contribution in [0.2, 0.25) is 0 Å². The number of aryl methyl sites for hydroxylation is 2. The molecule has 0 spiro atoms. The first-order valence-corrected chi connectivity index (χ1v) is 4.27. The van der Waals surface area contributed by atoms with Crippen LogP contribution >= 0.6 is 11.3 Å². The Hall–Kier alpha value is -0.960. The van der Waals surface area contributed by atoms with Gasteiger partial charge < -0.3 is 0 Å². The predicted octanol–water partition coefficient (Wildman–Crippen LogP) is 2.31. The maximum Gasteiger partial charge on any atom is 0.127 e. The first-order chi connectivity index (χ1) is 5.27. The molecule has 0 fully saturated rings. The highest BCUT2D eigenvalue weighted by atomic mass is 32.1. The Kier molecular flexibility index (Phi) is 1.39. The molecule has 0 saturated carbocycles. The van der Waals surface area contributed by atoms with E-state index in [2.05, 4.69) is 23.0 Å². The molecule has 0 aromatic carbocycles. The van der Waals surface area contributed by atoms with E-state index in [1.54, 1.807) is 17.7 Å². The number of hydrogen-bond acceptors (Lipinski definition) is 3. The fourth-order valence-corrected chi connectivity index (χ4v) is 1.99. The predicted molar refractivity (Wildman–Crippen MR) is 46.9 cm³/mol. The van der Waals surface area contributed by atoms with Gasteiger partial charge in [-0.3, -0.25) is 0 Å². The molecule has 3 heteroatoms. The van der Waals surface area contributed by atoms with Crippen molar-refractivity contribution in [2.45, 2.75) is 13.8 Å². The van der Waals surface area contributed by atoms with Crippen molar-refractivity contribution in [3.05, 3.63) is 23.0 Å². The molecule has 0 aliphatic rings. The van der Waals surface area contributed by atoms with Crippen molar-refractivity contribution in [3.8, 4) is 0 Å². The van der Waals surface area contributed by atoms with Crippen LogP contribution in [0.3, 0.4) is 0 Å². The Morgan fingerprint density at radius 3 is 2.82 bits per heavy atom. The Bertz CT molecular complexity index is 392. The number of fused-ring (bicyclic) bond motifs is 1. The lowest BCUT2D eigenvalue weighted by atomic mass is 10.3. The zero-order valence-electron chi connectivity index (χ0n) is 6.46. The summed E-state index contributed by atoms with van der Waals surface area (Å²) in [7, 11) is 0. The number of hydrogen-bond donors (Lipinski definition) is 0. The summed E-state index contributed by atoms with van der Waals surface area (Å²) in [6.07, 6.45) is 1.62. The van der Waals surface area contributed by atoms with Crippen LogP contribution in [0.1, 0.15) is 10.6 Å². The van der Waals surface area contributed by atoms with Gasteiger partial charge in [0.25, 0.3) is 0 Å². The minimum absolute atomic E-state index is 1.07. The lowest BCUT2D eigenvalue weighted by molar-refractivity contribution is 1.16. The average Bonchev–Trinajstić information content (AvgIpc) is 2.31. The topological polar surface area (TPSA) is 25.8 Å². The summed E-state index contributed by atoms with van der Waals surface area (Å²) in [5.41, 5.74) is 1.07. The lowest BCUT2D eigenvalue weighted by Gasteiger charge is -1.89. The SMILES string of the molecule is Cc1cc2c(C)ncnc2s1. The molecule has 2 rings (SSSR count). The molecule has 0 aliphatic carbocycles. The number of aromatic nitrogens is 2. The van der Waals surface area contributed by atoms with Crippen molar-refractivity contribution in [2.75, 3.05) is 0 Å². The number of thiophene rings is 1. The van der Waals surface area contributed by atoms with Gasteiger partial charge in [-0.1, -0.05) is 0 Å². The summed E-state index contributed by atoms with van der Waals surface area (Å²) in [6, 6.07) is 2.13. The molecule has 56 valence electrons. The minimum Gasteiger partial charge on any atom is -0.241 e. The highest BCUT2D eigenvalue weighted by molar-refractivity contribution is 7.18. The fourth-order valence-electron chi connectivity index (χ4n) is 1.09. The van der Waals surface area contributed by atoms with Gasteiger partial charge in [0, 0.05) is 16.0 Å². The van der Waals surface area contributed by atoms with Crippen LogP contribution in [0.4, 0.5) is 0 Å². The zero-order chi connectivity index (χ0) is 7.84. The van der Waals surface area contributed by atoms with E-state index in [4.69, 9.17) is 0 Å². The molecule has 2 heterocycles. The van der Waals surface area contributed by atoms with Gasteiger partial charge in [-0.05, 0) is 19.9 Å². The van der Waals surface area contributed by atoms with Gasteiger partial charge >= 0.3 is 0 Å². The summed E-state index contributed by atoms with van der Waals surface area (Å²) >= 11 is 1.72. The molecule has 0 aliphatic heterocycles. The maximum absolute atomic E-state index is 4.17. The molecule has 0 atom stereocenters. The first-order valence-electron chi connectivity index (χ1n) is 3.45. The number of nitrogens with zero attached hydrogens (tertiary/aromatic N) is 2. The molecular formula is C8H8N2S.